The number of likely N-dealkylation sites (N-methyl/N-ethyl adjacent to an activating group) is 1. The van der Waals surface area contributed by atoms with Crippen molar-refractivity contribution in [3.63, 3.8) is 0 Å². The molecule has 0 N–H and O–H groups in total. The fourth-order valence-corrected chi connectivity index (χ4v) is 0.497. The average molecular weight is 164 g/mol. The third-order valence-electron chi connectivity index (χ3n) is 1.76. The van der Waals surface area contributed by atoms with Gasteiger partial charge < -0.3 is 9.22 Å². The molecular formula is C9H26NO+. The summed E-state index contributed by atoms with van der Waals surface area (Å²) in [5, 5.41) is 0. The van der Waals surface area contributed by atoms with Crippen LogP contribution in [0.1, 0.15) is 21.8 Å². The van der Waals surface area contributed by atoms with E-state index in [1.165, 1.54) is 6.54 Å². The molecule has 0 heterocycles. The summed E-state index contributed by atoms with van der Waals surface area (Å²) < 4.78 is 6.01. The highest BCUT2D eigenvalue weighted by atomic mass is 16.5. The largest absolute Gasteiger partial charge is 0.379 e. The third-order valence-corrected chi connectivity index (χ3v) is 1.76. The Morgan fingerprint density at radius 1 is 1.18 bits per heavy atom. The Bertz CT molecular complexity index is 72.0. The van der Waals surface area contributed by atoms with Crippen LogP contribution in [-0.4, -0.2) is 45.4 Å². The first-order chi connectivity index (χ1) is 4.12. The van der Waals surface area contributed by atoms with Crippen molar-refractivity contribution < 1.29 is 9.22 Å². The van der Waals surface area contributed by atoms with Gasteiger partial charge in [0.05, 0.1) is 27.2 Å². The van der Waals surface area contributed by atoms with Gasteiger partial charge in [-0.1, -0.05) is 14.9 Å². The Hall–Kier alpha value is -0.0800. The second kappa shape index (κ2) is 8.02. The maximum absolute atomic E-state index is 4.96. The molecule has 0 aliphatic heterocycles. The number of rotatable bonds is 4. The first-order valence-corrected chi connectivity index (χ1v) is 3.43. The van der Waals surface area contributed by atoms with Gasteiger partial charge >= 0.3 is 0 Å². The number of hydrogen-bond donors (Lipinski definition) is 0. The molecule has 0 saturated heterocycles. The van der Waals surface area contributed by atoms with Crippen LogP contribution in [0.15, 0.2) is 0 Å². The standard InChI is InChI=1S/C7H18NO.2CH4/c1-5-8(2,3)6-7-9-4;;/h5-7H2,1-4H3;2*1H4/q+1;;. The van der Waals surface area contributed by atoms with E-state index in [2.05, 4.69) is 21.0 Å². The quantitative estimate of drug-likeness (QED) is 0.577. The summed E-state index contributed by atoms with van der Waals surface area (Å²) >= 11 is 0. The molecule has 0 aliphatic carbocycles. The minimum Gasteiger partial charge on any atom is -0.379 e. The maximum Gasteiger partial charge on any atom is 0.102 e. The lowest BCUT2D eigenvalue weighted by molar-refractivity contribution is -0.888. The number of quaternary nitrogens is 1. The van der Waals surface area contributed by atoms with E-state index in [-0.39, 0.29) is 14.9 Å². The van der Waals surface area contributed by atoms with E-state index in [1.54, 1.807) is 7.11 Å². The van der Waals surface area contributed by atoms with Crippen LogP contribution in [0.4, 0.5) is 0 Å². The minimum absolute atomic E-state index is 0. The molecule has 0 radical (unpaired) electrons. The minimum atomic E-state index is 0. The Morgan fingerprint density at radius 2 is 1.64 bits per heavy atom. The molecule has 0 spiro atoms. The van der Waals surface area contributed by atoms with Gasteiger partial charge in [-0.3, -0.25) is 0 Å². The van der Waals surface area contributed by atoms with E-state index in [0.717, 1.165) is 17.6 Å². The Kier molecular flexibility index (Phi) is 12.5. The van der Waals surface area contributed by atoms with Crippen LogP contribution in [0.2, 0.25) is 0 Å². The number of ether oxygens (including phenoxy) is 1. The van der Waals surface area contributed by atoms with Crippen molar-refractivity contribution in [2.45, 2.75) is 21.8 Å². The van der Waals surface area contributed by atoms with Crippen molar-refractivity contribution in [2.24, 2.45) is 0 Å². The van der Waals surface area contributed by atoms with E-state index in [9.17, 15) is 0 Å². The summed E-state index contributed by atoms with van der Waals surface area (Å²) in [6.45, 7) is 5.33. The molecule has 0 amide bonds. The molecule has 72 valence electrons. The first kappa shape index (κ1) is 17.1. The van der Waals surface area contributed by atoms with Crippen molar-refractivity contribution in [3.8, 4) is 0 Å². The van der Waals surface area contributed by atoms with Crippen molar-refractivity contribution in [3.05, 3.63) is 0 Å². The molecule has 0 atom stereocenters. The van der Waals surface area contributed by atoms with Gasteiger partial charge in [0.1, 0.15) is 6.54 Å². The lowest BCUT2D eigenvalue weighted by Crippen LogP contribution is -2.41. The summed E-state index contributed by atoms with van der Waals surface area (Å²) in [7, 11) is 6.16. The van der Waals surface area contributed by atoms with Crippen LogP contribution >= 0.6 is 0 Å². The number of hydrogen-bond acceptors (Lipinski definition) is 1. The predicted molar refractivity (Wildman–Crippen MR) is 52.9 cm³/mol. The molecule has 0 aliphatic rings. The Balaban J connectivity index is -0.000000320. The molecule has 0 bridgehead atoms. The van der Waals surface area contributed by atoms with Gasteiger partial charge in [0.15, 0.2) is 0 Å². The van der Waals surface area contributed by atoms with Gasteiger partial charge in [-0.05, 0) is 6.92 Å². The zero-order chi connectivity index (χ0) is 7.33. The van der Waals surface area contributed by atoms with Gasteiger partial charge in [0.2, 0.25) is 0 Å². The zero-order valence-electron chi connectivity index (χ0n) is 6.98. The van der Waals surface area contributed by atoms with Crippen LogP contribution in [0.5, 0.6) is 0 Å². The average Bonchev–Trinajstić information content (AvgIpc) is 1.84. The number of methoxy groups -OCH3 is 1. The first-order valence-electron chi connectivity index (χ1n) is 3.43. The van der Waals surface area contributed by atoms with Gasteiger partial charge in [-0.2, -0.15) is 0 Å². The lowest BCUT2D eigenvalue weighted by atomic mass is 10.4. The van der Waals surface area contributed by atoms with Crippen molar-refractivity contribution in [1.82, 2.24) is 0 Å². The fourth-order valence-electron chi connectivity index (χ4n) is 0.497. The molecule has 11 heavy (non-hydrogen) atoms. The smallest absolute Gasteiger partial charge is 0.102 e. The second-order valence-corrected chi connectivity index (χ2v) is 2.97. The van der Waals surface area contributed by atoms with Gasteiger partial charge in [-0.15, -0.1) is 0 Å². The molecule has 2 heteroatoms. The number of nitrogens with zero attached hydrogens (tertiary/aromatic N) is 1. The predicted octanol–water partition coefficient (Wildman–Crippen LogP) is 2.00. The summed E-state index contributed by atoms with van der Waals surface area (Å²) in [6, 6.07) is 0. The van der Waals surface area contributed by atoms with E-state index in [4.69, 9.17) is 4.74 Å². The van der Waals surface area contributed by atoms with Crippen LogP contribution in [0.3, 0.4) is 0 Å². The van der Waals surface area contributed by atoms with E-state index in [0.29, 0.717) is 0 Å². The summed E-state index contributed by atoms with van der Waals surface area (Å²) in [5.74, 6) is 0. The fraction of sp³-hybridized carbons (Fsp3) is 1.00. The van der Waals surface area contributed by atoms with Gasteiger partial charge in [0, 0.05) is 7.11 Å². The summed E-state index contributed by atoms with van der Waals surface area (Å²) in [6.07, 6.45) is 0. The van der Waals surface area contributed by atoms with Crippen molar-refractivity contribution in [1.29, 1.82) is 0 Å². The Morgan fingerprint density at radius 3 is 1.91 bits per heavy atom. The Labute approximate surface area is 72.8 Å². The van der Waals surface area contributed by atoms with E-state index >= 15 is 0 Å². The normalized spacial score (nSPS) is 9.82. The highest BCUT2D eigenvalue weighted by Gasteiger charge is 2.09. The molecule has 0 rings (SSSR count). The molecule has 0 aromatic heterocycles. The van der Waals surface area contributed by atoms with Crippen LogP contribution in [0, 0.1) is 0 Å². The van der Waals surface area contributed by atoms with Crippen molar-refractivity contribution in [2.75, 3.05) is 40.9 Å². The highest BCUT2D eigenvalue weighted by molar-refractivity contribution is 4.27. The third kappa shape index (κ3) is 9.92. The van der Waals surface area contributed by atoms with Crippen LogP contribution < -0.4 is 0 Å². The van der Waals surface area contributed by atoms with Crippen LogP contribution in [0.25, 0.3) is 0 Å². The highest BCUT2D eigenvalue weighted by Crippen LogP contribution is 1.93. The SMILES string of the molecule is C.C.CC[N+](C)(C)CCOC. The molecule has 0 aromatic rings. The molecule has 0 fully saturated rings. The summed E-state index contributed by atoms with van der Waals surface area (Å²) in [5.41, 5.74) is 0. The summed E-state index contributed by atoms with van der Waals surface area (Å²) in [4.78, 5) is 0. The van der Waals surface area contributed by atoms with Crippen LogP contribution in [-0.2, 0) is 4.74 Å². The van der Waals surface area contributed by atoms with Gasteiger partial charge in [-0.25, -0.2) is 0 Å². The van der Waals surface area contributed by atoms with Crippen molar-refractivity contribution >= 4 is 0 Å². The topological polar surface area (TPSA) is 9.23 Å². The molecule has 0 aromatic carbocycles. The van der Waals surface area contributed by atoms with E-state index < -0.39 is 0 Å². The van der Waals surface area contributed by atoms with E-state index in [1.807, 2.05) is 0 Å². The molecule has 2 nitrogen and oxygen atoms in total. The molecular weight excluding hydrogens is 138 g/mol. The maximum atomic E-state index is 4.96. The van der Waals surface area contributed by atoms with Gasteiger partial charge in [0.25, 0.3) is 0 Å². The lowest BCUT2D eigenvalue weighted by Gasteiger charge is -2.27. The monoisotopic (exact) mass is 164 g/mol. The second-order valence-electron chi connectivity index (χ2n) is 2.97. The zero-order valence-corrected chi connectivity index (χ0v) is 6.98. The molecule has 0 saturated carbocycles. The molecule has 0 unspecified atom stereocenters.